The Kier molecular flexibility index (Phi) is 5.31. The van der Waals surface area contributed by atoms with Crippen molar-refractivity contribution < 1.29 is 19.1 Å². The lowest BCUT2D eigenvalue weighted by molar-refractivity contribution is -0.146. The summed E-state index contributed by atoms with van der Waals surface area (Å²) in [6.45, 7) is 0. The second-order valence-electron chi connectivity index (χ2n) is 4.34. The van der Waals surface area contributed by atoms with E-state index in [2.05, 4.69) is 0 Å². The average molecular weight is 315 g/mol. The highest BCUT2D eigenvalue weighted by Crippen LogP contribution is 2.22. The number of carbonyl (C=O) groups is 2. The minimum Gasteiger partial charge on any atom is -0.480 e. The number of halogens is 1. The van der Waals surface area contributed by atoms with Crippen LogP contribution in [-0.4, -0.2) is 45.3 Å². The van der Waals surface area contributed by atoms with Gasteiger partial charge in [-0.15, -0.1) is 23.5 Å². The second kappa shape index (κ2) is 6.99. The average Bonchev–Trinajstić information content (AvgIpc) is 2.90. The molecule has 1 aliphatic rings. The quantitative estimate of drug-likeness (QED) is 0.901. The molecule has 1 saturated heterocycles. The second-order valence-corrected chi connectivity index (χ2v) is 6.32. The summed E-state index contributed by atoms with van der Waals surface area (Å²) in [4.78, 5) is 24.4. The standard InChI is InChI=1S/C13H14FNO3S2/c14-10-3-1-9(2-4-10)5-19-7-12(16)15-8-20-6-11(15)13(17)18/h1-4,11H,5-8H2,(H,17,18). The number of thioether (sulfide) groups is 2. The Morgan fingerprint density at radius 2 is 2.10 bits per heavy atom. The first-order valence-corrected chi connectivity index (χ1v) is 8.31. The lowest BCUT2D eigenvalue weighted by Gasteiger charge is -2.20. The number of carboxylic acids is 1. The molecule has 1 aromatic carbocycles. The summed E-state index contributed by atoms with van der Waals surface area (Å²) in [7, 11) is 0. The van der Waals surface area contributed by atoms with Crippen molar-refractivity contribution in [2.45, 2.75) is 11.8 Å². The van der Waals surface area contributed by atoms with Crippen LogP contribution in [0.15, 0.2) is 24.3 Å². The van der Waals surface area contributed by atoms with Gasteiger partial charge in [-0.25, -0.2) is 9.18 Å². The predicted octanol–water partition coefficient (Wildman–Crippen LogP) is 2.04. The van der Waals surface area contributed by atoms with Crippen molar-refractivity contribution in [1.82, 2.24) is 4.90 Å². The molecular weight excluding hydrogens is 301 g/mol. The highest BCUT2D eigenvalue weighted by molar-refractivity contribution is 7.99. The normalized spacial score (nSPS) is 18.2. The van der Waals surface area contributed by atoms with E-state index in [0.29, 0.717) is 17.4 Å². The van der Waals surface area contributed by atoms with E-state index in [-0.39, 0.29) is 17.5 Å². The van der Waals surface area contributed by atoms with Gasteiger partial charge in [0, 0.05) is 11.5 Å². The Morgan fingerprint density at radius 3 is 2.75 bits per heavy atom. The summed E-state index contributed by atoms with van der Waals surface area (Å²) in [5, 5.41) is 9.01. The van der Waals surface area contributed by atoms with Crippen LogP contribution >= 0.6 is 23.5 Å². The maximum atomic E-state index is 12.7. The molecule has 1 heterocycles. The monoisotopic (exact) mass is 315 g/mol. The van der Waals surface area contributed by atoms with Gasteiger partial charge in [0.05, 0.1) is 11.6 Å². The zero-order valence-corrected chi connectivity index (χ0v) is 12.3. The van der Waals surface area contributed by atoms with E-state index in [0.717, 1.165) is 5.56 Å². The summed E-state index contributed by atoms with van der Waals surface area (Å²) in [6.07, 6.45) is 0. The van der Waals surface area contributed by atoms with Gasteiger partial charge in [0.25, 0.3) is 0 Å². The Morgan fingerprint density at radius 1 is 1.40 bits per heavy atom. The van der Waals surface area contributed by atoms with Gasteiger partial charge in [0.1, 0.15) is 11.9 Å². The summed E-state index contributed by atoms with van der Waals surface area (Å²) in [5.41, 5.74) is 0.940. The molecule has 0 spiro atoms. The van der Waals surface area contributed by atoms with E-state index < -0.39 is 12.0 Å². The van der Waals surface area contributed by atoms with Gasteiger partial charge in [-0.2, -0.15) is 0 Å². The molecule has 4 nitrogen and oxygen atoms in total. The molecule has 7 heteroatoms. The molecule has 1 amide bonds. The number of nitrogens with zero attached hydrogens (tertiary/aromatic N) is 1. The van der Waals surface area contributed by atoms with Crippen LogP contribution in [0, 0.1) is 5.82 Å². The third kappa shape index (κ3) is 3.89. The Bertz CT molecular complexity index is 495. The number of benzene rings is 1. The molecule has 0 aromatic heterocycles. The third-order valence-electron chi connectivity index (χ3n) is 2.90. The molecule has 0 saturated carbocycles. The van der Waals surface area contributed by atoms with Crippen molar-refractivity contribution >= 4 is 35.4 Å². The molecule has 1 fully saturated rings. The number of carbonyl (C=O) groups excluding carboxylic acids is 1. The first-order chi connectivity index (χ1) is 9.58. The van der Waals surface area contributed by atoms with Crippen LogP contribution in [0.3, 0.4) is 0 Å². The summed E-state index contributed by atoms with van der Waals surface area (Å²) >= 11 is 2.86. The molecular formula is C13H14FNO3S2. The van der Waals surface area contributed by atoms with Gasteiger partial charge < -0.3 is 10.0 Å². The maximum Gasteiger partial charge on any atom is 0.327 e. The van der Waals surface area contributed by atoms with Crippen LogP contribution in [0.4, 0.5) is 4.39 Å². The van der Waals surface area contributed by atoms with Crippen LogP contribution < -0.4 is 0 Å². The first kappa shape index (κ1) is 15.2. The molecule has 1 aromatic rings. The van der Waals surface area contributed by atoms with Gasteiger partial charge in [0.15, 0.2) is 0 Å². The van der Waals surface area contributed by atoms with Gasteiger partial charge in [-0.05, 0) is 17.7 Å². The molecule has 1 atom stereocenters. The smallest absolute Gasteiger partial charge is 0.327 e. The Hall–Kier alpha value is -1.21. The number of hydrogen-bond donors (Lipinski definition) is 1. The maximum absolute atomic E-state index is 12.7. The van der Waals surface area contributed by atoms with Gasteiger partial charge >= 0.3 is 5.97 Å². The number of carboxylic acid groups (broad SMARTS) is 1. The van der Waals surface area contributed by atoms with E-state index in [9.17, 15) is 14.0 Å². The van der Waals surface area contributed by atoms with E-state index >= 15 is 0 Å². The summed E-state index contributed by atoms with van der Waals surface area (Å²) < 4.78 is 12.7. The fourth-order valence-corrected chi connectivity index (χ4v) is 3.86. The topological polar surface area (TPSA) is 57.6 Å². The van der Waals surface area contributed by atoms with Crippen molar-refractivity contribution in [3.8, 4) is 0 Å². The van der Waals surface area contributed by atoms with Crippen LogP contribution in [0.5, 0.6) is 0 Å². The van der Waals surface area contributed by atoms with Crippen LogP contribution in [0.25, 0.3) is 0 Å². The van der Waals surface area contributed by atoms with E-state index in [1.54, 1.807) is 12.1 Å². The van der Waals surface area contributed by atoms with Crippen LogP contribution in [0.2, 0.25) is 0 Å². The molecule has 0 aliphatic carbocycles. The summed E-state index contributed by atoms with van der Waals surface area (Å²) in [5.74, 6) is 0.331. The summed E-state index contributed by atoms with van der Waals surface area (Å²) in [6, 6.07) is 5.42. The number of aliphatic carboxylic acids is 1. The Balaban J connectivity index is 1.80. The third-order valence-corrected chi connectivity index (χ3v) is 4.90. The lowest BCUT2D eigenvalue weighted by atomic mass is 10.2. The molecule has 20 heavy (non-hydrogen) atoms. The highest BCUT2D eigenvalue weighted by Gasteiger charge is 2.34. The minimum absolute atomic E-state index is 0.158. The van der Waals surface area contributed by atoms with E-state index in [4.69, 9.17) is 5.11 Å². The fraction of sp³-hybridized carbons (Fsp3) is 0.385. The first-order valence-electron chi connectivity index (χ1n) is 6.00. The van der Waals surface area contributed by atoms with E-state index in [1.807, 2.05) is 0 Å². The van der Waals surface area contributed by atoms with Crippen molar-refractivity contribution in [3.63, 3.8) is 0 Å². The molecule has 0 bridgehead atoms. The minimum atomic E-state index is -0.952. The van der Waals surface area contributed by atoms with Crippen LogP contribution in [0.1, 0.15) is 5.56 Å². The highest BCUT2D eigenvalue weighted by atomic mass is 32.2. The van der Waals surface area contributed by atoms with Crippen LogP contribution in [-0.2, 0) is 15.3 Å². The van der Waals surface area contributed by atoms with Crippen molar-refractivity contribution in [1.29, 1.82) is 0 Å². The molecule has 108 valence electrons. The van der Waals surface area contributed by atoms with Crippen molar-refractivity contribution in [2.75, 3.05) is 17.4 Å². The van der Waals surface area contributed by atoms with Gasteiger partial charge in [-0.3, -0.25) is 4.79 Å². The fourth-order valence-electron chi connectivity index (χ4n) is 1.81. The zero-order valence-electron chi connectivity index (χ0n) is 10.6. The number of amides is 1. The van der Waals surface area contributed by atoms with Crippen molar-refractivity contribution in [2.24, 2.45) is 0 Å². The zero-order chi connectivity index (χ0) is 14.5. The number of rotatable bonds is 5. The Labute approximate surface area is 124 Å². The molecule has 1 N–H and O–H groups in total. The largest absolute Gasteiger partial charge is 0.480 e. The SMILES string of the molecule is O=C(O)C1CSCN1C(=O)CSCc1ccc(F)cc1. The lowest BCUT2D eigenvalue weighted by Crippen LogP contribution is -2.42. The van der Waals surface area contributed by atoms with Gasteiger partial charge in [0.2, 0.25) is 5.91 Å². The molecule has 1 unspecified atom stereocenters. The van der Waals surface area contributed by atoms with Gasteiger partial charge in [-0.1, -0.05) is 12.1 Å². The number of hydrogen-bond acceptors (Lipinski definition) is 4. The predicted molar refractivity (Wildman–Crippen MR) is 78.2 cm³/mol. The van der Waals surface area contributed by atoms with E-state index in [1.165, 1.54) is 40.6 Å². The van der Waals surface area contributed by atoms with Crippen molar-refractivity contribution in [3.05, 3.63) is 35.6 Å². The molecule has 2 rings (SSSR count). The molecule has 1 aliphatic heterocycles. The molecule has 0 radical (unpaired) electrons.